The number of hydrogen-bond acceptors (Lipinski definition) is 6. The lowest BCUT2D eigenvalue weighted by atomic mass is 9.84. The molecule has 1 saturated heterocycles. The molecule has 4 atom stereocenters. The third-order valence-electron chi connectivity index (χ3n) is 7.53. The van der Waals surface area contributed by atoms with E-state index in [1.165, 1.54) is 0 Å². The highest BCUT2D eigenvalue weighted by Gasteiger charge is 2.46. The molecule has 2 aromatic carbocycles. The normalized spacial score (nSPS) is 24.5. The number of benzene rings is 2. The van der Waals surface area contributed by atoms with E-state index in [0.29, 0.717) is 18.7 Å². The number of aliphatic hydroxyl groups excluding tert-OH is 1. The van der Waals surface area contributed by atoms with Crippen LogP contribution in [0.2, 0.25) is 0 Å². The topological polar surface area (TPSA) is 118 Å². The number of nitrogens with one attached hydrogen (secondary N) is 3. The van der Waals surface area contributed by atoms with Crippen molar-refractivity contribution in [3.8, 4) is 11.5 Å². The molecule has 9 heteroatoms. The molecule has 9 nitrogen and oxygen atoms in total. The molecular weight excluding hydrogens is 474 g/mol. The van der Waals surface area contributed by atoms with Crippen LogP contribution in [0.3, 0.4) is 0 Å². The molecule has 3 amide bonds. The highest BCUT2D eigenvalue weighted by Crippen LogP contribution is 2.47. The second kappa shape index (κ2) is 11.4. The number of para-hydroxylation sites is 1. The highest BCUT2D eigenvalue weighted by molar-refractivity contribution is 5.89. The summed E-state index contributed by atoms with van der Waals surface area (Å²) in [6.07, 6.45) is 3.84. The number of rotatable bonds is 8. The van der Waals surface area contributed by atoms with Crippen molar-refractivity contribution in [1.82, 2.24) is 10.6 Å². The van der Waals surface area contributed by atoms with Crippen LogP contribution in [0.5, 0.6) is 11.5 Å². The van der Waals surface area contributed by atoms with E-state index in [1.54, 1.807) is 7.11 Å². The predicted octanol–water partition coefficient (Wildman–Crippen LogP) is 3.46. The van der Waals surface area contributed by atoms with E-state index in [0.717, 1.165) is 48.3 Å². The fraction of sp³-hybridized carbons (Fsp3) is 0.500. The first kappa shape index (κ1) is 25.4. The van der Waals surface area contributed by atoms with Gasteiger partial charge < -0.3 is 35.3 Å². The Hall–Kier alpha value is -3.30. The number of methoxy groups -OCH3 is 1. The van der Waals surface area contributed by atoms with Gasteiger partial charge in [0.1, 0.15) is 23.7 Å². The largest absolute Gasteiger partial charge is 0.496 e. The predicted molar refractivity (Wildman–Crippen MR) is 138 cm³/mol. The van der Waals surface area contributed by atoms with Crippen molar-refractivity contribution in [2.24, 2.45) is 0 Å². The van der Waals surface area contributed by atoms with E-state index in [4.69, 9.17) is 14.2 Å². The summed E-state index contributed by atoms with van der Waals surface area (Å²) >= 11 is 0. The molecule has 5 rings (SSSR count). The van der Waals surface area contributed by atoms with Crippen molar-refractivity contribution >= 4 is 17.6 Å². The molecule has 0 unspecified atom stereocenters. The van der Waals surface area contributed by atoms with Crippen molar-refractivity contribution in [3.63, 3.8) is 0 Å². The first-order valence-electron chi connectivity index (χ1n) is 13.1. The maximum atomic E-state index is 12.8. The van der Waals surface area contributed by atoms with E-state index in [2.05, 4.69) is 16.0 Å². The molecule has 0 radical (unpaired) electrons. The minimum Gasteiger partial charge on any atom is -0.496 e. The van der Waals surface area contributed by atoms with Crippen molar-refractivity contribution in [1.29, 1.82) is 0 Å². The minimum atomic E-state index is -0.541. The Balaban J connectivity index is 1.22. The number of urea groups is 1. The Kier molecular flexibility index (Phi) is 7.81. The van der Waals surface area contributed by atoms with E-state index < -0.39 is 6.10 Å². The number of hydrogen-bond donors (Lipinski definition) is 4. The summed E-state index contributed by atoms with van der Waals surface area (Å²) in [5.74, 6) is 1.26. The van der Waals surface area contributed by atoms with E-state index in [-0.39, 0.29) is 49.1 Å². The Bertz CT molecular complexity index is 1120. The van der Waals surface area contributed by atoms with Gasteiger partial charge in [0.15, 0.2) is 0 Å². The number of carbonyl (C=O) groups is 2. The number of carbonyl (C=O) groups excluding carboxylic acids is 2. The summed E-state index contributed by atoms with van der Waals surface area (Å²) in [4.78, 5) is 25.2. The molecule has 0 bridgehead atoms. The molecule has 37 heavy (non-hydrogen) atoms. The molecule has 2 aliphatic heterocycles. The summed E-state index contributed by atoms with van der Waals surface area (Å²) in [6, 6.07) is 13.2. The zero-order valence-corrected chi connectivity index (χ0v) is 21.1. The standard InChI is InChI=1S/C28H35N3O6/c1-35-23-9-5-2-6-17(23)15-29-26(33)14-20-13-22-21-12-19(31-28(34)30-18-7-3-4-8-18)10-11-24(21)37-27(22)25(16-32)36-20/h2,5-6,9-12,18,20,22,25,27,32H,3-4,7-8,13-16H2,1H3,(H,29,33)(H2,30,31,34)/t20-,22+,25-,27-/m0/s1. The molecule has 3 aliphatic rings. The van der Waals surface area contributed by atoms with Gasteiger partial charge in [-0.2, -0.15) is 0 Å². The number of amides is 3. The van der Waals surface area contributed by atoms with Gasteiger partial charge in [0.05, 0.1) is 26.2 Å². The lowest BCUT2D eigenvalue weighted by molar-refractivity contribution is -0.142. The van der Waals surface area contributed by atoms with Gasteiger partial charge in [-0.1, -0.05) is 31.0 Å². The van der Waals surface area contributed by atoms with Gasteiger partial charge in [0.25, 0.3) is 0 Å². The van der Waals surface area contributed by atoms with E-state index in [1.807, 2.05) is 42.5 Å². The SMILES string of the molecule is COc1ccccc1CNC(=O)C[C@@H]1C[C@@H]2c3cc(NC(=O)NC4CCCC4)ccc3O[C@@H]2[C@H](CO)O1. The van der Waals surface area contributed by atoms with Crippen LogP contribution in [0.1, 0.15) is 55.6 Å². The van der Waals surface area contributed by atoms with Crippen LogP contribution in [0, 0.1) is 0 Å². The van der Waals surface area contributed by atoms with Crippen LogP contribution in [0.15, 0.2) is 42.5 Å². The fourth-order valence-corrected chi connectivity index (χ4v) is 5.71. The third-order valence-corrected chi connectivity index (χ3v) is 7.53. The Morgan fingerprint density at radius 3 is 2.73 bits per heavy atom. The third kappa shape index (κ3) is 5.83. The van der Waals surface area contributed by atoms with Crippen molar-refractivity contribution in [2.75, 3.05) is 19.0 Å². The van der Waals surface area contributed by atoms with Gasteiger partial charge in [0, 0.05) is 35.3 Å². The lowest BCUT2D eigenvalue weighted by Crippen LogP contribution is -2.47. The van der Waals surface area contributed by atoms with Crippen LogP contribution in [0.4, 0.5) is 10.5 Å². The summed E-state index contributed by atoms with van der Waals surface area (Å²) in [5, 5.41) is 18.9. The van der Waals surface area contributed by atoms with Crippen molar-refractivity contribution < 1.29 is 28.9 Å². The average Bonchev–Trinajstić information content (AvgIpc) is 3.54. The molecule has 198 valence electrons. The van der Waals surface area contributed by atoms with Crippen molar-refractivity contribution in [2.45, 2.75) is 75.3 Å². The highest BCUT2D eigenvalue weighted by atomic mass is 16.6. The average molecular weight is 510 g/mol. The molecule has 1 aliphatic carbocycles. The quantitative estimate of drug-likeness (QED) is 0.433. The number of fused-ring (bicyclic) bond motifs is 3. The van der Waals surface area contributed by atoms with Gasteiger partial charge >= 0.3 is 6.03 Å². The van der Waals surface area contributed by atoms with Gasteiger partial charge in [-0.3, -0.25) is 4.79 Å². The summed E-state index contributed by atoms with van der Waals surface area (Å²) in [5.41, 5.74) is 2.55. The van der Waals surface area contributed by atoms with Crippen LogP contribution in [-0.2, 0) is 16.1 Å². The monoisotopic (exact) mass is 509 g/mol. The molecule has 2 heterocycles. The number of anilines is 1. The second-order valence-electron chi connectivity index (χ2n) is 10.0. The summed E-state index contributed by atoms with van der Waals surface area (Å²) in [6.45, 7) is 0.151. The molecular formula is C28H35N3O6. The maximum Gasteiger partial charge on any atom is 0.319 e. The zero-order chi connectivity index (χ0) is 25.8. The molecule has 0 spiro atoms. The molecule has 4 N–H and O–H groups in total. The van der Waals surface area contributed by atoms with Crippen molar-refractivity contribution in [3.05, 3.63) is 53.6 Å². The van der Waals surface area contributed by atoms with Gasteiger partial charge in [-0.15, -0.1) is 0 Å². The number of ether oxygens (including phenoxy) is 3. The van der Waals surface area contributed by atoms with Crippen LogP contribution in [0.25, 0.3) is 0 Å². The van der Waals surface area contributed by atoms with Crippen LogP contribution >= 0.6 is 0 Å². The minimum absolute atomic E-state index is 0.0486. The van der Waals surface area contributed by atoms with Crippen LogP contribution in [-0.4, -0.2) is 55.1 Å². The maximum absolute atomic E-state index is 12.8. The summed E-state index contributed by atoms with van der Waals surface area (Å²) < 4.78 is 17.6. The Morgan fingerprint density at radius 1 is 1.14 bits per heavy atom. The van der Waals surface area contributed by atoms with Gasteiger partial charge in [-0.25, -0.2) is 4.79 Å². The van der Waals surface area contributed by atoms with E-state index in [9.17, 15) is 14.7 Å². The van der Waals surface area contributed by atoms with Crippen LogP contribution < -0.4 is 25.4 Å². The summed E-state index contributed by atoms with van der Waals surface area (Å²) in [7, 11) is 1.60. The first-order chi connectivity index (χ1) is 18.0. The Labute approximate surface area is 216 Å². The van der Waals surface area contributed by atoms with Gasteiger partial charge in [-0.05, 0) is 43.5 Å². The molecule has 2 aromatic rings. The Morgan fingerprint density at radius 2 is 1.95 bits per heavy atom. The smallest absolute Gasteiger partial charge is 0.319 e. The zero-order valence-electron chi connectivity index (χ0n) is 21.1. The fourth-order valence-electron chi connectivity index (χ4n) is 5.71. The van der Waals surface area contributed by atoms with Gasteiger partial charge in [0.2, 0.25) is 5.91 Å². The second-order valence-corrected chi connectivity index (χ2v) is 10.0. The van der Waals surface area contributed by atoms with E-state index >= 15 is 0 Å². The molecule has 1 saturated carbocycles. The number of aliphatic hydroxyl groups is 1. The first-order valence-corrected chi connectivity index (χ1v) is 13.1. The molecule has 0 aromatic heterocycles. The lowest BCUT2D eigenvalue weighted by Gasteiger charge is -2.37. The molecule has 2 fully saturated rings.